The Morgan fingerprint density at radius 3 is 0.750 bits per heavy atom. The van der Waals surface area contributed by atoms with E-state index in [-0.39, 0.29) is 49.7 Å². The Balaban J connectivity index is 0. The summed E-state index contributed by atoms with van der Waals surface area (Å²) in [4.78, 5) is 0. The summed E-state index contributed by atoms with van der Waals surface area (Å²) in [7, 11) is 0. The number of hydrogen-bond acceptors (Lipinski definition) is 0. The predicted molar refractivity (Wildman–Crippen MR) is 7.23 cm³/mol. The summed E-state index contributed by atoms with van der Waals surface area (Å²) in [5, 5.41) is 0. The Labute approximate surface area is 49.9 Å². The summed E-state index contributed by atoms with van der Waals surface area (Å²) in [5.74, 6) is 0. The van der Waals surface area contributed by atoms with E-state index in [1.807, 2.05) is 0 Å². The third kappa shape index (κ3) is 11.0. The molecule has 27 valence electrons. The fraction of sp³-hybridized carbons (Fsp3) is 0. The summed E-state index contributed by atoms with van der Waals surface area (Å²) >= 11 is 0. The molecule has 2 nitrogen and oxygen atoms in total. The van der Waals surface area contributed by atoms with Gasteiger partial charge in [0.25, 0.3) is 0 Å². The second-order valence-electron chi connectivity index (χ2n) is 0. The van der Waals surface area contributed by atoms with E-state index >= 15 is 0 Å². The minimum Gasteiger partial charge on any atom is -0.412 e. The van der Waals surface area contributed by atoms with Crippen LogP contribution < -0.4 is 0 Å². The van der Waals surface area contributed by atoms with Gasteiger partial charge in [0.1, 0.15) is 0 Å². The number of hydrogen-bond donors (Lipinski definition) is 0. The molecule has 0 bridgehead atoms. The van der Waals surface area contributed by atoms with Crippen LogP contribution >= 0.6 is 0 Å². The van der Waals surface area contributed by atoms with Gasteiger partial charge in [-0.25, -0.2) is 0 Å². The predicted octanol–water partition coefficient (Wildman–Crippen LogP) is -1.65. The van der Waals surface area contributed by atoms with E-state index in [9.17, 15) is 0 Å². The van der Waals surface area contributed by atoms with Gasteiger partial charge in [-0.05, 0) is 0 Å². The first-order chi connectivity index (χ1) is 0. The molecule has 0 aromatic rings. The molecule has 0 atom stereocenters. The Morgan fingerprint density at radius 1 is 0.750 bits per heavy atom. The molecule has 0 amide bonds. The zero-order valence-corrected chi connectivity index (χ0v) is 4.62. The molecule has 0 saturated carbocycles. The van der Waals surface area contributed by atoms with Crippen molar-refractivity contribution in [3.05, 3.63) is 0 Å². The number of rotatable bonds is 0. The van der Waals surface area contributed by atoms with Gasteiger partial charge in [-0.3, -0.25) is 0 Å². The van der Waals surface area contributed by atoms with Crippen molar-refractivity contribution in [2.75, 3.05) is 0 Å². The SMILES string of the molecule is O.O.[Mn].[Ti]. The van der Waals surface area contributed by atoms with Gasteiger partial charge < -0.3 is 11.0 Å². The van der Waals surface area contributed by atoms with Crippen molar-refractivity contribution in [3.63, 3.8) is 0 Å². The second-order valence-corrected chi connectivity index (χ2v) is 0. The van der Waals surface area contributed by atoms with E-state index in [1.165, 1.54) is 0 Å². The zero-order valence-electron chi connectivity index (χ0n) is 1.88. The van der Waals surface area contributed by atoms with Crippen molar-refractivity contribution in [1.82, 2.24) is 0 Å². The van der Waals surface area contributed by atoms with Gasteiger partial charge in [0.05, 0.1) is 0 Å². The van der Waals surface area contributed by atoms with E-state index in [0.29, 0.717) is 0 Å². The van der Waals surface area contributed by atoms with Gasteiger partial charge in [0, 0.05) is 38.8 Å². The molecule has 1 radical (unpaired) electrons. The van der Waals surface area contributed by atoms with Crippen molar-refractivity contribution >= 4 is 0 Å². The third-order valence-corrected chi connectivity index (χ3v) is 0. The molecule has 0 unspecified atom stereocenters. The Morgan fingerprint density at radius 2 is 0.750 bits per heavy atom. The quantitative estimate of drug-likeness (QED) is 0.360. The van der Waals surface area contributed by atoms with Crippen molar-refractivity contribution in [2.45, 2.75) is 0 Å². The maximum atomic E-state index is 0. The summed E-state index contributed by atoms with van der Waals surface area (Å²) in [5.41, 5.74) is 0. The van der Waals surface area contributed by atoms with Crippen LogP contribution in [0.3, 0.4) is 0 Å². The topological polar surface area (TPSA) is 63.0 Å². The van der Waals surface area contributed by atoms with Crippen molar-refractivity contribution in [3.8, 4) is 0 Å². The molecule has 0 heterocycles. The molecule has 0 aromatic heterocycles. The third-order valence-electron chi connectivity index (χ3n) is 0. The van der Waals surface area contributed by atoms with Crippen LogP contribution in [-0.4, -0.2) is 11.0 Å². The molecule has 0 spiro atoms. The van der Waals surface area contributed by atoms with Crippen LogP contribution in [0, 0.1) is 0 Å². The van der Waals surface area contributed by atoms with E-state index in [2.05, 4.69) is 0 Å². The van der Waals surface area contributed by atoms with Crippen molar-refractivity contribution in [1.29, 1.82) is 0 Å². The molecule has 0 rings (SSSR count). The van der Waals surface area contributed by atoms with Gasteiger partial charge in [0.2, 0.25) is 0 Å². The molecular weight excluding hydrogens is 135 g/mol. The van der Waals surface area contributed by atoms with Crippen LogP contribution in [0.15, 0.2) is 0 Å². The van der Waals surface area contributed by atoms with Crippen LogP contribution in [-0.2, 0) is 38.8 Å². The average molecular weight is 139 g/mol. The minimum absolute atomic E-state index is 0. The summed E-state index contributed by atoms with van der Waals surface area (Å²) in [6, 6.07) is 0. The maximum absolute atomic E-state index is 0. The van der Waals surface area contributed by atoms with Crippen LogP contribution in [0.4, 0.5) is 0 Å². The monoisotopic (exact) mass is 139 g/mol. The van der Waals surface area contributed by atoms with E-state index < -0.39 is 0 Å². The van der Waals surface area contributed by atoms with Crippen LogP contribution in [0.25, 0.3) is 0 Å². The molecule has 0 aliphatic heterocycles. The van der Waals surface area contributed by atoms with Gasteiger partial charge in [-0.2, -0.15) is 0 Å². The van der Waals surface area contributed by atoms with Gasteiger partial charge in [-0.15, -0.1) is 0 Å². The zero-order chi connectivity index (χ0) is 0. The van der Waals surface area contributed by atoms with Gasteiger partial charge in [-0.1, -0.05) is 0 Å². The maximum Gasteiger partial charge on any atom is 0 e. The molecule has 4 heteroatoms. The Kier molecular flexibility index (Phi) is 518. The van der Waals surface area contributed by atoms with E-state index in [0.717, 1.165) is 0 Å². The molecule has 0 aliphatic carbocycles. The van der Waals surface area contributed by atoms with E-state index in [4.69, 9.17) is 0 Å². The molecule has 0 aromatic carbocycles. The van der Waals surface area contributed by atoms with Crippen LogP contribution in [0.5, 0.6) is 0 Å². The van der Waals surface area contributed by atoms with Crippen molar-refractivity contribution < 1.29 is 49.7 Å². The largest absolute Gasteiger partial charge is 0.412 e. The van der Waals surface area contributed by atoms with E-state index in [1.54, 1.807) is 0 Å². The molecule has 0 fully saturated rings. The standard InChI is InChI=1S/Mn.2H2O.Ti/h;2*1H2;. The van der Waals surface area contributed by atoms with Gasteiger partial charge in [0.15, 0.2) is 0 Å². The molecule has 4 N–H and O–H groups in total. The van der Waals surface area contributed by atoms with Crippen LogP contribution in [0.1, 0.15) is 0 Å². The van der Waals surface area contributed by atoms with Crippen molar-refractivity contribution in [2.24, 2.45) is 0 Å². The second kappa shape index (κ2) is 31.0. The minimum atomic E-state index is 0. The fourth-order valence-corrected chi connectivity index (χ4v) is 0. The normalized spacial score (nSPS) is 0. The smallest absolute Gasteiger partial charge is 0 e. The molecular formula is H4MnO2Ti. The summed E-state index contributed by atoms with van der Waals surface area (Å²) in [6.45, 7) is 0. The summed E-state index contributed by atoms with van der Waals surface area (Å²) in [6.07, 6.45) is 0. The Bertz CT molecular complexity index is 6.00. The summed E-state index contributed by atoms with van der Waals surface area (Å²) < 4.78 is 0. The first-order valence-electron chi connectivity index (χ1n) is 0. The first-order valence-corrected chi connectivity index (χ1v) is 0. The average Bonchev–Trinajstić information content (AvgIpc) is 0. The van der Waals surface area contributed by atoms with Crippen LogP contribution in [0.2, 0.25) is 0 Å². The molecule has 0 aliphatic rings. The Hall–Kier alpha value is 1.15. The molecule has 4 heavy (non-hydrogen) atoms. The first kappa shape index (κ1) is 66.8. The molecule has 0 saturated heterocycles. The fourth-order valence-electron chi connectivity index (χ4n) is 0. The van der Waals surface area contributed by atoms with Gasteiger partial charge >= 0.3 is 0 Å².